The van der Waals surface area contributed by atoms with Crippen molar-refractivity contribution in [2.45, 2.75) is 53.0 Å². The highest BCUT2D eigenvalue weighted by Crippen LogP contribution is 2.17. The van der Waals surface area contributed by atoms with Gasteiger partial charge in [-0.3, -0.25) is 0 Å². The average molecular weight is 233 g/mol. The number of rotatable bonds is 6. The van der Waals surface area contributed by atoms with Gasteiger partial charge in [0, 0.05) is 6.04 Å². The lowest BCUT2D eigenvalue weighted by Gasteiger charge is -2.20. The Bertz CT molecular complexity index is 321. The number of benzene rings is 1. The Morgan fingerprint density at radius 2 is 1.71 bits per heavy atom. The second kappa shape index (κ2) is 6.80. The smallest absolute Gasteiger partial charge is 0.00871 e. The molecular formula is C16H27N. The van der Waals surface area contributed by atoms with Gasteiger partial charge in [0.25, 0.3) is 0 Å². The van der Waals surface area contributed by atoms with Crippen LogP contribution < -0.4 is 5.32 Å². The van der Waals surface area contributed by atoms with Gasteiger partial charge in [-0.05, 0) is 62.8 Å². The molecule has 1 nitrogen and oxygen atoms in total. The van der Waals surface area contributed by atoms with Crippen LogP contribution in [0.1, 0.15) is 43.4 Å². The summed E-state index contributed by atoms with van der Waals surface area (Å²) >= 11 is 0. The first-order chi connectivity index (χ1) is 8.06. The summed E-state index contributed by atoms with van der Waals surface area (Å²) in [5.74, 6) is 0.720. The molecule has 96 valence electrons. The highest BCUT2D eigenvalue weighted by atomic mass is 14.9. The second-order valence-corrected chi connectivity index (χ2v) is 5.40. The molecule has 0 aliphatic heterocycles. The predicted molar refractivity (Wildman–Crippen MR) is 76.5 cm³/mol. The standard InChI is InChI=1S/C16H27N/c1-12(2)16(17-5)11-7-10-15-13(3)8-6-9-14(15)4/h6,8-9,12,16-17H,7,10-11H2,1-5H3. The maximum Gasteiger partial charge on any atom is 0.00871 e. The first-order valence-corrected chi connectivity index (χ1v) is 6.78. The summed E-state index contributed by atoms with van der Waals surface area (Å²) in [5.41, 5.74) is 4.43. The van der Waals surface area contributed by atoms with Crippen molar-refractivity contribution in [1.82, 2.24) is 5.32 Å². The van der Waals surface area contributed by atoms with Gasteiger partial charge in [0.2, 0.25) is 0 Å². The Kier molecular flexibility index (Phi) is 5.70. The molecule has 0 bridgehead atoms. The summed E-state index contributed by atoms with van der Waals surface area (Å²) in [6.07, 6.45) is 3.75. The molecular weight excluding hydrogens is 206 g/mol. The highest BCUT2D eigenvalue weighted by Gasteiger charge is 2.10. The molecule has 1 atom stereocenters. The van der Waals surface area contributed by atoms with Crippen molar-refractivity contribution in [2.24, 2.45) is 5.92 Å². The Morgan fingerprint density at radius 1 is 1.12 bits per heavy atom. The molecule has 17 heavy (non-hydrogen) atoms. The van der Waals surface area contributed by atoms with E-state index < -0.39 is 0 Å². The van der Waals surface area contributed by atoms with Gasteiger partial charge in [0.05, 0.1) is 0 Å². The minimum absolute atomic E-state index is 0.652. The first-order valence-electron chi connectivity index (χ1n) is 6.78. The predicted octanol–water partition coefficient (Wildman–Crippen LogP) is 3.87. The van der Waals surface area contributed by atoms with Crippen molar-refractivity contribution in [2.75, 3.05) is 7.05 Å². The van der Waals surface area contributed by atoms with E-state index in [2.05, 4.69) is 58.3 Å². The largest absolute Gasteiger partial charge is 0.317 e. The maximum absolute atomic E-state index is 3.42. The van der Waals surface area contributed by atoms with E-state index in [4.69, 9.17) is 0 Å². The fraction of sp³-hybridized carbons (Fsp3) is 0.625. The van der Waals surface area contributed by atoms with Crippen molar-refractivity contribution < 1.29 is 0 Å². The third-order valence-electron chi connectivity index (χ3n) is 3.76. The molecule has 1 aromatic rings. The molecule has 1 heteroatoms. The lowest BCUT2D eigenvalue weighted by molar-refractivity contribution is 0.393. The van der Waals surface area contributed by atoms with Crippen LogP contribution in [0.5, 0.6) is 0 Å². The molecule has 1 unspecified atom stereocenters. The number of aryl methyl sites for hydroxylation is 2. The Balaban J connectivity index is 2.51. The molecule has 0 radical (unpaired) electrons. The zero-order valence-corrected chi connectivity index (χ0v) is 12.0. The lowest BCUT2D eigenvalue weighted by Crippen LogP contribution is -2.30. The van der Waals surface area contributed by atoms with Crippen molar-refractivity contribution in [3.63, 3.8) is 0 Å². The van der Waals surface area contributed by atoms with Crippen molar-refractivity contribution in [3.8, 4) is 0 Å². The molecule has 0 aliphatic rings. The molecule has 1 aromatic carbocycles. The van der Waals surface area contributed by atoms with E-state index in [1.54, 1.807) is 5.56 Å². The van der Waals surface area contributed by atoms with Crippen LogP contribution in [0, 0.1) is 19.8 Å². The van der Waals surface area contributed by atoms with Gasteiger partial charge in [-0.15, -0.1) is 0 Å². The van der Waals surface area contributed by atoms with Gasteiger partial charge in [0.1, 0.15) is 0 Å². The summed E-state index contributed by atoms with van der Waals surface area (Å²) in [6, 6.07) is 7.25. The number of nitrogens with one attached hydrogen (secondary N) is 1. The SMILES string of the molecule is CNC(CCCc1c(C)cccc1C)C(C)C. The van der Waals surface area contributed by atoms with Crippen molar-refractivity contribution in [3.05, 3.63) is 34.9 Å². The van der Waals surface area contributed by atoms with E-state index in [0.29, 0.717) is 6.04 Å². The maximum atomic E-state index is 3.42. The van der Waals surface area contributed by atoms with E-state index in [1.807, 2.05) is 0 Å². The summed E-state index contributed by atoms with van der Waals surface area (Å²) in [5, 5.41) is 3.42. The zero-order chi connectivity index (χ0) is 12.8. The topological polar surface area (TPSA) is 12.0 Å². The van der Waals surface area contributed by atoms with Crippen LogP contribution in [0.3, 0.4) is 0 Å². The molecule has 0 saturated heterocycles. The average Bonchev–Trinajstić information content (AvgIpc) is 2.27. The van der Waals surface area contributed by atoms with Crippen molar-refractivity contribution >= 4 is 0 Å². The fourth-order valence-corrected chi connectivity index (χ4v) is 2.55. The van der Waals surface area contributed by atoms with Gasteiger partial charge >= 0.3 is 0 Å². The van der Waals surface area contributed by atoms with Crippen LogP contribution >= 0.6 is 0 Å². The van der Waals surface area contributed by atoms with Crippen LogP contribution in [0.15, 0.2) is 18.2 Å². The fourth-order valence-electron chi connectivity index (χ4n) is 2.55. The zero-order valence-electron chi connectivity index (χ0n) is 12.0. The molecule has 0 aliphatic carbocycles. The Hall–Kier alpha value is -0.820. The van der Waals surface area contributed by atoms with Crippen LogP contribution in [0.25, 0.3) is 0 Å². The quantitative estimate of drug-likeness (QED) is 0.786. The molecule has 0 heterocycles. The van der Waals surface area contributed by atoms with E-state index in [9.17, 15) is 0 Å². The Labute approximate surface area is 107 Å². The monoisotopic (exact) mass is 233 g/mol. The van der Waals surface area contributed by atoms with Gasteiger partial charge in [-0.2, -0.15) is 0 Å². The number of hydrogen-bond acceptors (Lipinski definition) is 1. The van der Waals surface area contributed by atoms with Crippen LogP contribution in [-0.2, 0) is 6.42 Å². The van der Waals surface area contributed by atoms with Crippen LogP contribution in [-0.4, -0.2) is 13.1 Å². The van der Waals surface area contributed by atoms with Crippen LogP contribution in [0.2, 0.25) is 0 Å². The number of hydrogen-bond donors (Lipinski definition) is 1. The molecule has 0 aromatic heterocycles. The van der Waals surface area contributed by atoms with E-state index in [-0.39, 0.29) is 0 Å². The third kappa shape index (κ3) is 4.16. The minimum atomic E-state index is 0.652. The van der Waals surface area contributed by atoms with Crippen LogP contribution in [0.4, 0.5) is 0 Å². The summed E-state index contributed by atoms with van der Waals surface area (Å²) in [6.45, 7) is 9.03. The minimum Gasteiger partial charge on any atom is -0.317 e. The van der Waals surface area contributed by atoms with E-state index in [0.717, 1.165) is 5.92 Å². The van der Waals surface area contributed by atoms with Gasteiger partial charge < -0.3 is 5.32 Å². The molecule has 1 N–H and O–H groups in total. The third-order valence-corrected chi connectivity index (χ3v) is 3.76. The molecule has 0 amide bonds. The Morgan fingerprint density at radius 3 is 2.18 bits per heavy atom. The van der Waals surface area contributed by atoms with Gasteiger partial charge in [0.15, 0.2) is 0 Å². The van der Waals surface area contributed by atoms with E-state index >= 15 is 0 Å². The lowest BCUT2D eigenvalue weighted by atomic mass is 9.94. The molecule has 1 rings (SSSR count). The molecule has 0 saturated carbocycles. The first kappa shape index (κ1) is 14.2. The normalized spacial score (nSPS) is 13.1. The highest BCUT2D eigenvalue weighted by molar-refractivity contribution is 5.33. The summed E-state index contributed by atoms with van der Waals surface area (Å²) in [4.78, 5) is 0. The van der Waals surface area contributed by atoms with E-state index in [1.165, 1.54) is 30.4 Å². The second-order valence-electron chi connectivity index (χ2n) is 5.40. The molecule has 0 fully saturated rings. The summed E-state index contributed by atoms with van der Waals surface area (Å²) < 4.78 is 0. The van der Waals surface area contributed by atoms with Crippen molar-refractivity contribution in [1.29, 1.82) is 0 Å². The summed E-state index contributed by atoms with van der Waals surface area (Å²) in [7, 11) is 2.07. The van der Waals surface area contributed by atoms with Gasteiger partial charge in [-0.25, -0.2) is 0 Å². The molecule has 0 spiro atoms. The van der Waals surface area contributed by atoms with Gasteiger partial charge in [-0.1, -0.05) is 32.0 Å².